The fourth-order valence-corrected chi connectivity index (χ4v) is 1.83. The van der Waals surface area contributed by atoms with Crippen molar-refractivity contribution in [3.8, 4) is 11.8 Å². The van der Waals surface area contributed by atoms with E-state index < -0.39 is 11.7 Å². The fraction of sp³-hybridized carbons (Fsp3) is 0.533. The lowest BCUT2D eigenvalue weighted by atomic mass is 10.0. The van der Waals surface area contributed by atoms with Gasteiger partial charge in [-0.2, -0.15) is 18.4 Å². The minimum atomic E-state index is -4.48. The second-order valence-electron chi connectivity index (χ2n) is 4.81. The fourth-order valence-electron chi connectivity index (χ4n) is 1.83. The first-order chi connectivity index (χ1) is 9.88. The van der Waals surface area contributed by atoms with E-state index in [2.05, 4.69) is 0 Å². The molecule has 1 aromatic carbocycles. The van der Waals surface area contributed by atoms with E-state index in [1.165, 1.54) is 6.07 Å². The Hall–Kier alpha value is -1.74. The van der Waals surface area contributed by atoms with Gasteiger partial charge >= 0.3 is 6.18 Å². The van der Waals surface area contributed by atoms with Crippen molar-refractivity contribution >= 4 is 0 Å². The van der Waals surface area contributed by atoms with Gasteiger partial charge in [0, 0.05) is 12.5 Å². The summed E-state index contributed by atoms with van der Waals surface area (Å²) in [5, 5.41) is 8.39. The molecule has 0 amide bonds. The Bertz CT molecular complexity index is 495. The molecule has 0 aliphatic heterocycles. The van der Waals surface area contributed by atoms with Crippen LogP contribution in [0.2, 0.25) is 0 Å². The number of halogens is 3. The summed E-state index contributed by atoms with van der Waals surface area (Å²) in [5.41, 5.74) is 5.52. The molecular formula is C15H19F3N2O. The monoisotopic (exact) mass is 300 g/mol. The molecule has 0 aliphatic carbocycles. The molecule has 116 valence electrons. The third-order valence-electron chi connectivity index (χ3n) is 3.06. The van der Waals surface area contributed by atoms with Gasteiger partial charge in [-0.25, -0.2) is 0 Å². The summed E-state index contributed by atoms with van der Waals surface area (Å²) >= 11 is 0. The van der Waals surface area contributed by atoms with E-state index in [0.29, 0.717) is 24.8 Å². The van der Waals surface area contributed by atoms with Crippen LogP contribution in [0.3, 0.4) is 0 Å². The Labute approximate surface area is 122 Å². The normalized spacial score (nSPS) is 12.8. The third kappa shape index (κ3) is 5.64. The van der Waals surface area contributed by atoms with Crippen molar-refractivity contribution < 1.29 is 17.9 Å². The van der Waals surface area contributed by atoms with Crippen molar-refractivity contribution in [2.24, 2.45) is 5.73 Å². The molecule has 0 saturated carbocycles. The molecule has 21 heavy (non-hydrogen) atoms. The molecule has 6 heteroatoms. The smallest absolute Gasteiger partial charge is 0.419 e. The Balaban J connectivity index is 2.90. The van der Waals surface area contributed by atoms with Crippen molar-refractivity contribution in [2.75, 3.05) is 6.61 Å². The van der Waals surface area contributed by atoms with Crippen molar-refractivity contribution in [2.45, 2.75) is 44.8 Å². The zero-order valence-electron chi connectivity index (χ0n) is 11.9. The van der Waals surface area contributed by atoms with Crippen LogP contribution in [0.15, 0.2) is 18.2 Å². The molecule has 0 aliphatic rings. The maximum atomic E-state index is 13.1. The van der Waals surface area contributed by atoms with Crippen LogP contribution in [-0.4, -0.2) is 12.6 Å². The van der Waals surface area contributed by atoms with Gasteiger partial charge in [0.1, 0.15) is 5.75 Å². The van der Waals surface area contributed by atoms with Crippen LogP contribution in [-0.2, 0) is 12.6 Å². The van der Waals surface area contributed by atoms with Crippen molar-refractivity contribution in [3.05, 3.63) is 29.3 Å². The van der Waals surface area contributed by atoms with E-state index in [9.17, 15) is 13.2 Å². The molecule has 1 unspecified atom stereocenters. The van der Waals surface area contributed by atoms with Crippen molar-refractivity contribution in [3.63, 3.8) is 0 Å². The average Bonchev–Trinajstić information content (AvgIpc) is 2.43. The first-order valence-corrected chi connectivity index (χ1v) is 6.84. The lowest BCUT2D eigenvalue weighted by Gasteiger charge is -2.16. The number of hydrogen-bond donors (Lipinski definition) is 1. The second-order valence-corrected chi connectivity index (χ2v) is 4.81. The van der Waals surface area contributed by atoms with Crippen LogP contribution >= 0.6 is 0 Å². The number of unbranched alkanes of at least 4 members (excludes halogenated alkanes) is 1. The molecule has 0 saturated heterocycles. The molecule has 1 rings (SSSR count). The van der Waals surface area contributed by atoms with Gasteiger partial charge in [-0.1, -0.05) is 13.0 Å². The summed E-state index contributed by atoms with van der Waals surface area (Å²) in [7, 11) is 0. The van der Waals surface area contributed by atoms with E-state index in [1.54, 1.807) is 6.07 Å². The van der Waals surface area contributed by atoms with Crippen LogP contribution in [0.25, 0.3) is 0 Å². The highest BCUT2D eigenvalue weighted by molar-refractivity contribution is 5.39. The predicted molar refractivity (Wildman–Crippen MR) is 73.8 cm³/mol. The minimum Gasteiger partial charge on any atom is -0.493 e. The van der Waals surface area contributed by atoms with Gasteiger partial charge in [0.25, 0.3) is 0 Å². The number of nitrogens with zero attached hydrogens (tertiary/aromatic N) is 1. The number of hydrogen-bond acceptors (Lipinski definition) is 3. The number of nitrogens with two attached hydrogens (primary N) is 1. The SMILES string of the molecule is CCC(N)Cc1ccc(OCCCC#N)c(C(F)(F)F)c1. The average molecular weight is 300 g/mol. The summed E-state index contributed by atoms with van der Waals surface area (Å²) in [5.74, 6) is -0.200. The highest BCUT2D eigenvalue weighted by Crippen LogP contribution is 2.37. The molecule has 1 aromatic rings. The zero-order chi connectivity index (χ0) is 15.9. The molecule has 0 radical (unpaired) electrons. The summed E-state index contributed by atoms with van der Waals surface area (Å²) in [6.07, 6.45) is -2.72. The maximum Gasteiger partial charge on any atom is 0.419 e. The van der Waals surface area contributed by atoms with Crippen LogP contribution in [0.5, 0.6) is 5.75 Å². The first-order valence-electron chi connectivity index (χ1n) is 6.84. The molecule has 3 nitrogen and oxygen atoms in total. The van der Waals surface area contributed by atoms with Gasteiger partial charge in [0.2, 0.25) is 0 Å². The standard InChI is InChI=1S/C15H19F3N2O/c1-2-12(20)9-11-5-6-14(21-8-4-3-7-19)13(10-11)15(16,17)18/h5-6,10,12H,2-4,8-9,20H2,1H3. The molecule has 0 heterocycles. The van der Waals surface area contributed by atoms with Crippen LogP contribution in [0, 0.1) is 11.3 Å². The highest BCUT2D eigenvalue weighted by atomic mass is 19.4. The summed E-state index contributed by atoms with van der Waals surface area (Å²) in [6.45, 7) is 1.98. The quantitative estimate of drug-likeness (QED) is 0.782. The highest BCUT2D eigenvalue weighted by Gasteiger charge is 2.34. The topological polar surface area (TPSA) is 59.0 Å². The van der Waals surface area contributed by atoms with Gasteiger partial charge in [-0.05, 0) is 37.0 Å². The number of benzene rings is 1. The van der Waals surface area contributed by atoms with E-state index in [1.807, 2.05) is 13.0 Å². The van der Waals surface area contributed by atoms with Crippen LogP contribution < -0.4 is 10.5 Å². The van der Waals surface area contributed by atoms with Gasteiger partial charge < -0.3 is 10.5 Å². The molecule has 0 bridgehead atoms. The van der Waals surface area contributed by atoms with Gasteiger partial charge in [0.15, 0.2) is 0 Å². The van der Waals surface area contributed by atoms with Gasteiger partial charge in [0.05, 0.1) is 18.2 Å². The Kier molecular flexibility index (Phi) is 6.50. The zero-order valence-corrected chi connectivity index (χ0v) is 11.9. The molecule has 0 aromatic heterocycles. The second kappa shape index (κ2) is 7.89. The molecule has 0 fully saturated rings. The Morgan fingerprint density at radius 3 is 2.67 bits per heavy atom. The molecular weight excluding hydrogens is 281 g/mol. The molecule has 2 N–H and O–H groups in total. The maximum absolute atomic E-state index is 13.1. The van der Waals surface area contributed by atoms with Crippen LogP contribution in [0.1, 0.15) is 37.3 Å². The summed E-state index contributed by atoms with van der Waals surface area (Å²) in [6, 6.07) is 5.78. The predicted octanol–water partition coefficient (Wildman–Crippen LogP) is 3.67. The summed E-state index contributed by atoms with van der Waals surface area (Å²) < 4.78 is 44.3. The number of ether oxygens (including phenoxy) is 1. The van der Waals surface area contributed by atoms with E-state index in [-0.39, 0.29) is 24.8 Å². The van der Waals surface area contributed by atoms with Gasteiger partial charge in [-0.3, -0.25) is 0 Å². The lowest BCUT2D eigenvalue weighted by molar-refractivity contribution is -0.139. The number of alkyl halides is 3. The summed E-state index contributed by atoms with van der Waals surface area (Å²) in [4.78, 5) is 0. The minimum absolute atomic E-state index is 0.0878. The molecule has 1 atom stereocenters. The first kappa shape index (κ1) is 17.3. The van der Waals surface area contributed by atoms with Gasteiger partial charge in [-0.15, -0.1) is 0 Å². The molecule has 0 spiro atoms. The van der Waals surface area contributed by atoms with E-state index in [0.717, 1.165) is 6.07 Å². The third-order valence-corrected chi connectivity index (χ3v) is 3.06. The largest absolute Gasteiger partial charge is 0.493 e. The Morgan fingerprint density at radius 2 is 2.10 bits per heavy atom. The van der Waals surface area contributed by atoms with Crippen molar-refractivity contribution in [1.82, 2.24) is 0 Å². The number of nitriles is 1. The number of rotatable bonds is 7. The van der Waals surface area contributed by atoms with Crippen molar-refractivity contribution in [1.29, 1.82) is 5.26 Å². The van der Waals surface area contributed by atoms with E-state index in [4.69, 9.17) is 15.7 Å². The van der Waals surface area contributed by atoms with Crippen LogP contribution in [0.4, 0.5) is 13.2 Å². The Morgan fingerprint density at radius 1 is 1.38 bits per heavy atom. The van der Waals surface area contributed by atoms with E-state index >= 15 is 0 Å². The lowest BCUT2D eigenvalue weighted by Crippen LogP contribution is -2.21.